The highest BCUT2D eigenvalue weighted by atomic mass is 16.2. The molecule has 0 unspecified atom stereocenters. The van der Waals surface area contributed by atoms with E-state index in [-0.39, 0.29) is 11.9 Å². The summed E-state index contributed by atoms with van der Waals surface area (Å²) in [6, 6.07) is 9.57. The first-order valence-corrected chi connectivity index (χ1v) is 8.34. The normalized spacial score (nSPS) is 21.3. The van der Waals surface area contributed by atoms with Crippen LogP contribution in [0.5, 0.6) is 0 Å². The Kier molecular flexibility index (Phi) is 3.90. The molecule has 1 saturated heterocycles. The van der Waals surface area contributed by atoms with Crippen molar-refractivity contribution in [2.24, 2.45) is 0 Å². The zero-order chi connectivity index (χ0) is 16.5. The Hall–Kier alpha value is -2.47. The van der Waals surface area contributed by atoms with Gasteiger partial charge >= 0.3 is 0 Å². The number of nitrogens with zero attached hydrogens (tertiary/aromatic N) is 4. The Morgan fingerprint density at radius 2 is 2.00 bits per heavy atom. The molecule has 6 nitrogen and oxygen atoms in total. The summed E-state index contributed by atoms with van der Waals surface area (Å²) in [5.74, 6) is 0.930. The largest absolute Gasteiger partial charge is 0.352 e. The highest BCUT2D eigenvalue weighted by Gasteiger charge is 2.34. The second-order valence-electron chi connectivity index (χ2n) is 6.41. The van der Waals surface area contributed by atoms with Crippen LogP contribution in [0.2, 0.25) is 0 Å². The molecule has 6 heteroatoms. The van der Waals surface area contributed by atoms with Crippen LogP contribution in [0.25, 0.3) is 0 Å². The molecule has 3 heterocycles. The van der Waals surface area contributed by atoms with Crippen LogP contribution in [-0.4, -0.2) is 47.5 Å². The van der Waals surface area contributed by atoms with Crippen LogP contribution >= 0.6 is 0 Å². The first kappa shape index (κ1) is 15.1. The molecule has 24 heavy (non-hydrogen) atoms. The Labute approximate surface area is 141 Å². The minimum absolute atomic E-state index is 0.0315. The molecule has 2 aromatic rings. The smallest absolute Gasteiger partial charge is 0.247 e. The number of rotatable bonds is 2. The average molecular weight is 323 g/mol. The number of benzene rings is 1. The molecule has 4 rings (SSSR count). The monoisotopic (exact) mass is 323 g/mol. The van der Waals surface area contributed by atoms with Gasteiger partial charge in [0.15, 0.2) is 0 Å². The predicted octanol–water partition coefficient (Wildman–Crippen LogP) is 1.14. The fraction of sp³-hybridized carbons (Fsp3) is 0.389. The average Bonchev–Trinajstić information content (AvgIpc) is 2.61. The highest BCUT2D eigenvalue weighted by Crippen LogP contribution is 2.32. The van der Waals surface area contributed by atoms with E-state index in [1.165, 1.54) is 0 Å². The fourth-order valence-corrected chi connectivity index (χ4v) is 3.57. The van der Waals surface area contributed by atoms with E-state index in [9.17, 15) is 4.79 Å². The van der Waals surface area contributed by atoms with Crippen molar-refractivity contribution >= 4 is 11.7 Å². The summed E-state index contributed by atoms with van der Waals surface area (Å²) in [5.41, 5.74) is 3.25. The van der Waals surface area contributed by atoms with Gasteiger partial charge in [0, 0.05) is 38.2 Å². The van der Waals surface area contributed by atoms with Gasteiger partial charge in [0.1, 0.15) is 18.2 Å². The number of nitrogens with one attached hydrogen (secondary N) is 1. The van der Waals surface area contributed by atoms with E-state index in [1.807, 2.05) is 30.3 Å². The molecule has 2 aliphatic rings. The minimum Gasteiger partial charge on any atom is -0.352 e. The van der Waals surface area contributed by atoms with Crippen LogP contribution in [0.3, 0.4) is 0 Å². The first-order chi connectivity index (χ1) is 11.7. The Bertz CT molecular complexity index is 748. The van der Waals surface area contributed by atoms with E-state index in [0.717, 1.165) is 48.7 Å². The maximum atomic E-state index is 12.6. The fourth-order valence-electron chi connectivity index (χ4n) is 3.57. The summed E-state index contributed by atoms with van der Waals surface area (Å²) >= 11 is 0. The van der Waals surface area contributed by atoms with Crippen LogP contribution in [0.15, 0.2) is 36.7 Å². The second-order valence-corrected chi connectivity index (χ2v) is 6.41. The lowest BCUT2D eigenvalue weighted by Gasteiger charge is -2.38. The molecule has 1 aromatic carbocycles. The predicted molar refractivity (Wildman–Crippen MR) is 91.6 cm³/mol. The van der Waals surface area contributed by atoms with E-state index in [4.69, 9.17) is 0 Å². The maximum absolute atomic E-state index is 12.6. The molecule has 0 saturated carbocycles. The van der Waals surface area contributed by atoms with E-state index in [0.29, 0.717) is 6.54 Å². The highest BCUT2D eigenvalue weighted by molar-refractivity contribution is 5.87. The first-order valence-electron chi connectivity index (χ1n) is 8.34. The lowest BCUT2D eigenvalue weighted by Crippen LogP contribution is -2.51. The lowest BCUT2D eigenvalue weighted by molar-refractivity contribution is -0.123. The quantitative estimate of drug-likeness (QED) is 0.898. The molecular formula is C18H21N5O. The van der Waals surface area contributed by atoms with Gasteiger partial charge in [-0.1, -0.05) is 30.3 Å². The van der Waals surface area contributed by atoms with Crippen LogP contribution in [0.4, 0.5) is 5.82 Å². The van der Waals surface area contributed by atoms with Crippen molar-refractivity contribution in [3.63, 3.8) is 0 Å². The molecule has 0 radical (unpaired) electrons. The van der Waals surface area contributed by atoms with E-state index < -0.39 is 0 Å². The molecule has 0 aliphatic carbocycles. The van der Waals surface area contributed by atoms with Crippen molar-refractivity contribution in [1.29, 1.82) is 0 Å². The van der Waals surface area contributed by atoms with Gasteiger partial charge in [-0.15, -0.1) is 0 Å². The number of likely N-dealkylation sites (N-methyl/N-ethyl adjacent to an activating group) is 1. The summed E-state index contributed by atoms with van der Waals surface area (Å²) < 4.78 is 0. The number of carbonyl (C=O) groups excluding carboxylic acids is 1. The van der Waals surface area contributed by atoms with Gasteiger partial charge in [0.05, 0.1) is 5.69 Å². The van der Waals surface area contributed by atoms with Gasteiger partial charge in [0.25, 0.3) is 0 Å². The third kappa shape index (κ3) is 2.63. The van der Waals surface area contributed by atoms with Crippen molar-refractivity contribution in [2.45, 2.75) is 19.0 Å². The molecule has 1 aromatic heterocycles. The number of carbonyl (C=O) groups is 1. The van der Waals surface area contributed by atoms with Crippen LogP contribution in [0.1, 0.15) is 22.9 Å². The summed E-state index contributed by atoms with van der Waals surface area (Å²) in [7, 11) is 2.11. The maximum Gasteiger partial charge on any atom is 0.247 e. The van der Waals surface area contributed by atoms with Gasteiger partial charge in [-0.2, -0.15) is 0 Å². The summed E-state index contributed by atoms with van der Waals surface area (Å²) in [6.45, 7) is 3.21. The van der Waals surface area contributed by atoms with Crippen LogP contribution < -0.4 is 10.2 Å². The molecular weight excluding hydrogens is 302 g/mol. The van der Waals surface area contributed by atoms with Gasteiger partial charge in [-0.05, 0) is 12.6 Å². The van der Waals surface area contributed by atoms with E-state index in [1.54, 1.807) is 6.33 Å². The van der Waals surface area contributed by atoms with Crippen molar-refractivity contribution in [3.8, 4) is 0 Å². The molecule has 1 amide bonds. The number of amides is 1. The van der Waals surface area contributed by atoms with Gasteiger partial charge in [-0.3, -0.25) is 4.79 Å². The molecule has 0 spiro atoms. The van der Waals surface area contributed by atoms with Gasteiger partial charge in [0.2, 0.25) is 5.91 Å². The number of aromatic nitrogens is 2. The van der Waals surface area contributed by atoms with E-state index >= 15 is 0 Å². The lowest BCUT2D eigenvalue weighted by atomic mass is 10.00. The molecule has 124 valence electrons. The molecule has 0 bridgehead atoms. The number of hydrogen-bond acceptors (Lipinski definition) is 5. The number of fused-ring (bicyclic) bond motifs is 1. The van der Waals surface area contributed by atoms with E-state index in [2.05, 4.69) is 32.1 Å². The standard InChI is InChI=1S/C18H21N5O/c1-22-9-7-15-14(11-22)17(21-12-20-15)23-10-8-19-18(24)16(23)13-5-3-2-4-6-13/h2-6,12,16H,7-11H2,1H3,(H,19,24)/t16-/m1/s1. The van der Waals surface area contributed by atoms with Crippen LogP contribution in [0, 0.1) is 0 Å². The number of piperazine rings is 1. The Balaban J connectivity index is 1.78. The summed E-state index contributed by atoms with van der Waals surface area (Å²) in [4.78, 5) is 26.0. The van der Waals surface area contributed by atoms with Crippen molar-refractivity contribution < 1.29 is 4.79 Å². The Morgan fingerprint density at radius 1 is 1.17 bits per heavy atom. The zero-order valence-electron chi connectivity index (χ0n) is 13.8. The summed E-state index contributed by atoms with van der Waals surface area (Å²) in [5, 5.41) is 2.98. The second kappa shape index (κ2) is 6.20. The van der Waals surface area contributed by atoms with Crippen molar-refractivity contribution in [1.82, 2.24) is 20.2 Å². The zero-order valence-corrected chi connectivity index (χ0v) is 13.8. The third-order valence-electron chi connectivity index (χ3n) is 4.77. The summed E-state index contributed by atoms with van der Waals surface area (Å²) in [6.07, 6.45) is 2.56. The topological polar surface area (TPSA) is 61.4 Å². The minimum atomic E-state index is -0.341. The number of anilines is 1. The SMILES string of the molecule is CN1CCc2ncnc(N3CCNC(=O)[C@H]3c3ccccc3)c2C1. The molecule has 1 fully saturated rings. The number of hydrogen-bond donors (Lipinski definition) is 1. The molecule has 1 N–H and O–H groups in total. The van der Waals surface area contributed by atoms with Crippen molar-refractivity contribution in [3.05, 3.63) is 53.5 Å². The van der Waals surface area contributed by atoms with Gasteiger partial charge < -0.3 is 15.1 Å². The molecule has 2 aliphatic heterocycles. The van der Waals surface area contributed by atoms with Crippen molar-refractivity contribution in [2.75, 3.05) is 31.6 Å². The van der Waals surface area contributed by atoms with Gasteiger partial charge in [-0.25, -0.2) is 9.97 Å². The third-order valence-corrected chi connectivity index (χ3v) is 4.77. The Morgan fingerprint density at radius 3 is 2.83 bits per heavy atom. The molecule has 1 atom stereocenters. The van der Waals surface area contributed by atoms with Crippen LogP contribution in [-0.2, 0) is 17.8 Å².